The van der Waals surface area contributed by atoms with Crippen LogP contribution in [0, 0.1) is 0 Å². The summed E-state index contributed by atoms with van der Waals surface area (Å²) in [4.78, 5) is 4.04. The molecule has 0 aliphatic heterocycles. The first-order valence-electron chi connectivity index (χ1n) is 5.50. The van der Waals surface area contributed by atoms with Crippen molar-refractivity contribution in [2.75, 3.05) is 0 Å². The molecule has 1 atom stereocenters. The van der Waals surface area contributed by atoms with Gasteiger partial charge in [-0.25, -0.2) is 13.4 Å². The molecule has 92 valence electrons. The zero-order valence-corrected chi connectivity index (χ0v) is 10.5. The lowest BCUT2D eigenvalue weighted by Gasteiger charge is -2.14. The molecule has 0 saturated heterocycles. The molecule has 0 bridgehead atoms. The van der Waals surface area contributed by atoms with Crippen LogP contribution in [0.3, 0.4) is 0 Å². The number of unbranched alkanes of at least 4 members (excludes halogenated alkanes) is 1. The second-order valence-electron chi connectivity index (χ2n) is 3.59. The highest BCUT2D eigenvalue weighted by atomic mass is 32.2. The van der Waals surface area contributed by atoms with Crippen LogP contribution in [0.15, 0.2) is 12.5 Å². The molecule has 0 radical (unpaired) electrons. The quantitative estimate of drug-likeness (QED) is 0.743. The standard InChI is InChI=1S/C10H18N2O3S/c1-3-5-6-12-8-11-7-9(12)10(4-2)15-16(13)14/h7-8,10,16H,3-6H2,1-2H3. The lowest BCUT2D eigenvalue weighted by molar-refractivity contribution is 0.208. The van der Waals surface area contributed by atoms with Crippen molar-refractivity contribution in [1.29, 1.82) is 0 Å². The molecule has 0 aliphatic rings. The summed E-state index contributed by atoms with van der Waals surface area (Å²) in [5, 5.41) is 0. The van der Waals surface area contributed by atoms with Crippen molar-refractivity contribution >= 4 is 11.0 Å². The minimum absolute atomic E-state index is 0.416. The molecule has 0 N–H and O–H groups in total. The van der Waals surface area contributed by atoms with Gasteiger partial charge >= 0.3 is 0 Å². The number of imidazole rings is 1. The fraction of sp³-hybridized carbons (Fsp3) is 0.700. The van der Waals surface area contributed by atoms with E-state index in [1.165, 1.54) is 0 Å². The van der Waals surface area contributed by atoms with E-state index < -0.39 is 17.1 Å². The predicted octanol–water partition coefficient (Wildman–Crippen LogP) is 1.68. The topological polar surface area (TPSA) is 61.2 Å². The molecule has 1 aromatic heterocycles. The summed E-state index contributed by atoms with van der Waals surface area (Å²) >= 11 is 0. The summed E-state index contributed by atoms with van der Waals surface area (Å²) in [6.07, 6.45) is 5.72. The number of aromatic nitrogens is 2. The van der Waals surface area contributed by atoms with Gasteiger partial charge in [-0.15, -0.1) is 0 Å². The molecule has 0 aliphatic carbocycles. The van der Waals surface area contributed by atoms with E-state index in [4.69, 9.17) is 4.18 Å². The molecule has 1 heterocycles. The average Bonchev–Trinajstić information content (AvgIpc) is 2.70. The molecule has 0 aromatic carbocycles. The third-order valence-corrected chi connectivity index (χ3v) is 2.84. The third-order valence-electron chi connectivity index (χ3n) is 2.41. The van der Waals surface area contributed by atoms with Gasteiger partial charge in [0.1, 0.15) is 6.10 Å². The van der Waals surface area contributed by atoms with E-state index >= 15 is 0 Å². The van der Waals surface area contributed by atoms with Gasteiger partial charge in [0, 0.05) is 6.54 Å². The van der Waals surface area contributed by atoms with Crippen molar-refractivity contribution in [3.05, 3.63) is 18.2 Å². The molecule has 0 saturated carbocycles. The van der Waals surface area contributed by atoms with Crippen LogP contribution in [0.2, 0.25) is 0 Å². The van der Waals surface area contributed by atoms with Gasteiger partial charge in [0.2, 0.25) is 0 Å². The van der Waals surface area contributed by atoms with Crippen molar-refractivity contribution in [2.45, 2.75) is 45.8 Å². The van der Waals surface area contributed by atoms with E-state index in [0.717, 1.165) is 25.1 Å². The van der Waals surface area contributed by atoms with Crippen molar-refractivity contribution in [1.82, 2.24) is 9.55 Å². The summed E-state index contributed by atoms with van der Waals surface area (Å²) in [6, 6.07) is 0. The molecule has 1 rings (SSSR count). The first kappa shape index (κ1) is 13.2. The van der Waals surface area contributed by atoms with Gasteiger partial charge in [0.05, 0.1) is 18.2 Å². The molecule has 0 fully saturated rings. The second-order valence-corrected chi connectivity index (χ2v) is 4.25. The van der Waals surface area contributed by atoms with Crippen molar-refractivity contribution in [2.24, 2.45) is 0 Å². The highest BCUT2D eigenvalue weighted by Crippen LogP contribution is 2.21. The molecule has 0 spiro atoms. The summed E-state index contributed by atoms with van der Waals surface area (Å²) in [5.41, 5.74) is 0.829. The minimum Gasteiger partial charge on any atom is -0.332 e. The van der Waals surface area contributed by atoms with Crippen LogP contribution in [0.25, 0.3) is 0 Å². The lowest BCUT2D eigenvalue weighted by Crippen LogP contribution is -2.09. The molecule has 5 nitrogen and oxygen atoms in total. The first-order valence-corrected chi connectivity index (χ1v) is 6.59. The Hall–Kier alpha value is -0.880. The van der Waals surface area contributed by atoms with Gasteiger partial charge in [-0.1, -0.05) is 20.3 Å². The fourth-order valence-electron chi connectivity index (χ4n) is 1.56. The summed E-state index contributed by atoms with van der Waals surface area (Å²) in [5.74, 6) is 0. The summed E-state index contributed by atoms with van der Waals surface area (Å²) in [6.45, 7) is 4.85. The summed E-state index contributed by atoms with van der Waals surface area (Å²) in [7, 11) is -2.82. The normalized spacial score (nSPS) is 13.2. The second kappa shape index (κ2) is 6.65. The number of hydrogen-bond donors (Lipinski definition) is 1. The minimum atomic E-state index is -2.82. The Labute approximate surface area is 97.6 Å². The number of rotatable bonds is 7. The van der Waals surface area contributed by atoms with E-state index in [-0.39, 0.29) is 0 Å². The zero-order valence-electron chi connectivity index (χ0n) is 9.63. The van der Waals surface area contributed by atoms with Crippen LogP contribution < -0.4 is 0 Å². The van der Waals surface area contributed by atoms with Crippen molar-refractivity contribution in [3.63, 3.8) is 0 Å². The molecular weight excluding hydrogens is 228 g/mol. The lowest BCUT2D eigenvalue weighted by atomic mass is 10.2. The monoisotopic (exact) mass is 246 g/mol. The highest BCUT2D eigenvalue weighted by Gasteiger charge is 2.15. The van der Waals surface area contributed by atoms with E-state index in [2.05, 4.69) is 11.9 Å². The van der Waals surface area contributed by atoms with Gasteiger partial charge in [-0.2, -0.15) is 0 Å². The maximum atomic E-state index is 10.6. The third kappa shape index (κ3) is 3.61. The van der Waals surface area contributed by atoms with Gasteiger partial charge in [-0.05, 0) is 12.8 Å². The van der Waals surface area contributed by atoms with E-state index in [9.17, 15) is 8.42 Å². The Kier molecular flexibility index (Phi) is 5.48. The van der Waals surface area contributed by atoms with Crippen LogP contribution >= 0.6 is 0 Å². The van der Waals surface area contributed by atoms with E-state index in [1.54, 1.807) is 12.5 Å². The Morgan fingerprint density at radius 1 is 1.50 bits per heavy atom. The number of nitrogens with zero attached hydrogens (tertiary/aromatic N) is 2. The van der Waals surface area contributed by atoms with E-state index in [1.807, 2.05) is 11.5 Å². The smallest absolute Gasteiger partial charge is 0.257 e. The van der Waals surface area contributed by atoms with Crippen molar-refractivity contribution in [3.8, 4) is 0 Å². The first-order chi connectivity index (χ1) is 7.69. The maximum Gasteiger partial charge on any atom is 0.257 e. The van der Waals surface area contributed by atoms with Crippen LogP contribution in [0.4, 0.5) is 0 Å². The van der Waals surface area contributed by atoms with E-state index in [0.29, 0.717) is 6.42 Å². The molecule has 1 unspecified atom stereocenters. The predicted molar refractivity (Wildman–Crippen MR) is 61.6 cm³/mol. The zero-order chi connectivity index (χ0) is 12.0. The van der Waals surface area contributed by atoms with Crippen LogP contribution in [-0.4, -0.2) is 18.0 Å². The fourth-order valence-corrected chi connectivity index (χ4v) is 2.02. The number of hydrogen-bond acceptors (Lipinski definition) is 4. The SMILES string of the molecule is CCCCn1cncc1C(CC)O[SH](=O)=O. The van der Waals surface area contributed by atoms with Gasteiger partial charge in [-0.3, -0.25) is 4.18 Å². The Morgan fingerprint density at radius 2 is 2.25 bits per heavy atom. The molecule has 1 aromatic rings. The molecule has 6 heteroatoms. The van der Waals surface area contributed by atoms with Crippen LogP contribution in [0.1, 0.15) is 44.9 Å². The Balaban J connectivity index is 2.79. The maximum absolute atomic E-state index is 10.6. The van der Waals surface area contributed by atoms with Gasteiger partial charge in [0.15, 0.2) is 0 Å². The van der Waals surface area contributed by atoms with Crippen molar-refractivity contribution < 1.29 is 12.6 Å². The molecule has 0 amide bonds. The molecule has 16 heavy (non-hydrogen) atoms. The number of aryl methyl sites for hydroxylation is 1. The highest BCUT2D eigenvalue weighted by molar-refractivity contribution is 7.67. The average molecular weight is 246 g/mol. The summed E-state index contributed by atoms with van der Waals surface area (Å²) < 4.78 is 28.0. The van der Waals surface area contributed by atoms with Gasteiger partial charge < -0.3 is 4.57 Å². The van der Waals surface area contributed by atoms with Gasteiger partial charge in [0.25, 0.3) is 11.0 Å². The molecular formula is C10H18N2O3S. The van der Waals surface area contributed by atoms with Crippen LogP contribution in [-0.2, 0) is 21.7 Å². The largest absolute Gasteiger partial charge is 0.332 e. The van der Waals surface area contributed by atoms with Crippen LogP contribution in [0.5, 0.6) is 0 Å². The number of thiol groups is 1. The Morgan fingerprint density at radius 3 is 2.81 bits per heavy atom. The Bertz CT molecular complexity index is 379.